The summed E-state index contributed by atoms with van der Waals surface area (Å²) in [7, 11) is 1.28. The van der Waals surface area contributed by atoms with Gasteiger partial charge in [0.05, 0.1) is 26.2 Å². The number of likely N-dealkylation sites (tertiary alicyclic amines) is 1. The normalized spacial score (nSPS) is 14.7. The third kappa shape index (κ3) is 8.66. The summed E-state index contributed by atoms with van der Waals surface area (Å²) in [4.78, 5) is 37.4. The van der Waals surface area contributed by atoms with E-state index in [-0.39, 0.29) is 43.5 Å². The van der Waals surface area contributed by atoms with E-state index >= 15 is 0 Å². The van der Waals surface area contributed by atoms with Gasteiger partial charge in [-0.3, -0.25) is 14.5 Å². The molecule has 186 valence electrons. The Kier molecular flexibility index (Phi) is 10.5. The Labute approximate surface area is 206 Å². The van der Waals surface area contributed by atoms with Crippen LogP contribution in [0, 0.1) is 0 Å². The van der Waals surface area contributed by atoms with E-state index < -0.39 is 5.97 Å². The Hall–Kier alpha value is -3.49. The molecule has 2 amide bonds. The van der Waals surface area contributed by atoms with Gasteiger partial charge in [-0.15, -0.1) is 0 Å². The minimum Gasteiger partial charge on any atom is -0.466 e. The zero-order chi connectivity index (χ0) is 24.9. The van der Waals surface area contributed by atoms with Crippen LogP contribution in [0.15, 0.2) is 72.8 Å². The van der Waals surface area contributed by atoms with Crippen molar-refractivity contribution >= 4 is 17.8 Å². The molecule has 0 aliphatic carbocycles. The fourth-order valence-corrected chi connectivity index (χ4v) is 4.18. The quantitative estimate of drug-likeness (QED) is 0.336. The summed E-state index contributed by atoms with van der Waals surface area (Å²) in [5, 5.41) is 8.53. The van der Waals surface area contributed by atoms with Crippen LogP contribution in [0.4, 0.5) is 0 Å². The van der Waals surface area contributed by atoms with E-state index in [2.05, 4.69) is 74.1 Å². The molecule has 3 rings (SSSR count). The molecule has 1 saturated heterocycles. The first-order valence-electron chi connectivity index (χ1n) is 11.9. The number of amides is 2. The molecule has 0 unspecified atom stereocenters. The standard InChI is InChI=1S/C27H34N4O4/c1-35-26(34)13-8-16-28-24(32)20-30-25(33)19-29-23-14-17-31(18-15-23)27(21-9-4-2-5-10-21)22-11-6-3-7-12-22/h2-13,23,27,29H,14-20H2,1H3,(H,28,32)(H,30,33)/b13-8+. The number of hydrogen-bond acceptors (Lipinski definition) is 6. The largest absolute Gasteiger partial charge is 0.466 e. The van der Waals surface area contributed by atoms with Crippen LogP contribution in [0.3, 0.4) is 0 Å². The number of ether oxygens (including phenoxy) is 1. The van der Waals surface area contributed by atoms with Crippen molar-refractivity contribution in [2.45, 2.75) is 24.9 Å². The first kappa shape index (κ1) is 26.1. The molecule has 2 aromatic rings. The number of hydrogen-bond donors (Lipinski definition) is 3. The van der Waals surface area contributed by atoms with Gasteiger partial charge >= 0.3 is 5.97 Å². The molecule has 0 radical (unpaired) electrons. The lowest BCUT2D eigenvalue weighted by atomic mass is 9.94. The van der Waals surface area contributed by atoms with Crippen molar-refractivity contribution in [1.82, 2.24) is 20.9 Å². The smallest absolute Gasteiger partial charge is 0.330 e. The summed E-state index contributed by atoms with van der Waals surface area (Å²) < 4.78 is 4.47. The molecule has 1 fully saturated rings. The van der Waals surface area contributed by atoms with E-state index in [1.165, 1.54) is 30.4 Å². The second kappa shape index (κ2) is 14.0. The summed E-state index contributed by atoms with van der Waals surface area (Å²) in [6.07, 6.45) is 4.60. The van der Waals surface area contributed by atoms with Gasteiger partial charge in [0.15, 0.2) is 0 Å². The van der Waals surface area contributed by atoms with Crippen molar-refractivity contribution < 1.29 is 19.1 Å². The van der Waals surface area contributed by atoms with Crippen LogP contribution in [0.25, 0.3) is 0 Å². The fraction of sp³-hybridized carbons (Fsp3) is 0.370. The molecular weight excluding hydrogens is 444 g/mol. The Morgan fingerprint density at radius 1 is 0.914 bits per heavy atom. The first-order chi connectivity index (χ1) is 17.1. The predicted molar refractivity (Wildman–Crippen MR) is 135 cm³/mol. The molecule has 0 saturated carbocycles. The zero-order valence-electron chi connectivity index (χ0n) is 20.1. The number of carbonyl (C=O) groups is 3. The van der Waals surface area contributed by atoms with Crippen LogP contribution in [0.5, 0.6) is 0 Å². The Morgan fingerprint density at radius 3 is 2.06 bits per heavy atom. The molecule has 0 bridgehead atoms. The average Bonchev–Trinajstić information content (AvgIpc) is 2.90. The zero-order valence-corrected chi connectivity index (χ0v) is 20.1. The van der Waals surface area contributed by atoms with Crippen molar-refractivity contribution in [3.05, 3.63) is 83.9 Å². The van der Waals surface area contributed by atoms with Crippen molar-refractivity contribution in [3.63, 3.8) is 0 Å². The molecule has 0 aromatic heterocycles. The van der Waals surface area contributed by atoms with E-state index in [4.69, 9.17) is 0 Å². The van der Waals surface area contributed by atoms with Gasteiger partial charge in [0.2, 0.25) is 11.8 Å². The Balaban J connectivity index is 1.39. The van der Waals surface area contributed by atoms with Gasteiger partial charge in [-0.05, 0) is 24.0 Å². The molecule has 1 aliphatic heterocycles. The Morgan fingerprint density at radius 2 is 1.49 bits per heavy atom. The molecular formula is C27H34N4O4. The SMILES string of the molecule is COC(=O)/C=C/CNC(=O)CNC(=O)CNC1CCN(C(c2ccccc2)c2ccccc2)CC1. The number of methoxy groups -OCH3 is 1. The topological polar surface area (TPSA) is 99.8 Å². The highest BCUT2D eigenvalue weighted by Crippen LogP contribution is 2.30. The lowest BCUT2D eigenvalue weighted by Gasteiger charge is -2.38. The summed E-state index contributed by atoms with van der Waals surface area (Å²) in [6.45, 7) is 2.10. The maximum Gasteiger partial charge on any atom is 0.330 e. The van der Waals surface area contributed by atoms with Gasteiger partial charge < -0.3 is 20.7 Å². The van der Waals surface area contributed by atoms with Crippen LogP contribution < -0.4 is 16.0 Å². The molecule has 8 heteroatoms. The molecule has 8 nitrogen and oxygen atoms in total. The maximum absolute atomic E-state index is 12.2. The number of nitrogens with zero attached hydrogens (tertiary/aromatic N) is 1. The second-order valence-electron chi connectivity index (χ2n) is 8.42. The molecule has 1 aliphatic rings. The number of carbonyl (C=O) groups excluding carboxylic acids is 3. The monoisotopic (exact) mass is 478 g/mol. The molecule has 0 atom stereocenters. The lowest BCUT2D eigenvalue weighted by molar-refractivity contribution is -0.134. The van der Waals surface area contributed by atoms with E-state index in [9.17, 15) is 14.4 Å². The number of piperidine rings is 1. The highest BCUT2D eigenvalue weighted by molar-refractivity contribution is 5.86. The number of rotatable bonds is 11. The summed E-state index contributed by atoms with van der Waals surface area (Å²) in [5.41, 5.74) is 2.56. The molecule has 0 spiro atoms. The van der Waals surface area contributed by atoms with Gasteiger partial charge in [0.1, 0.15) is 0 Å². The van der Waals surface area contributed by atoms with Gasteiger partial charge in [0, 0.05) is 31.8 Å². The first-order valence-corrected chi connectivity index (χ1v) is 11.9. The van der Waals surface area contributed by atoms with Crippen LogP contribution in [-0.4, -0.2) is 68.6 Å². The van der Waals surface area contributed by atoms with Crippen LogP contribution >= 0.6 is 0 Å². The van der Waals surface area contributed by atoms with Crippen molar-refractivity contribution in [1.29, 1.82) is 0 Å². The van der Waals surface area contributed by atoms with Crippen molar-refractivity contribution in [2.24, 2.45) is 0 Å². The molecule has 2 aromatic carbocycles. The van der Waals surface area contributed by atoms with Crippen LogP contribution in [0.2, 0.25) is 0 Å². The third-order valence-corrected chi connectivity index (χ3v) is 5.99. The fourth-order valence-electron chi connectivity index (χ4n) is 4.18. The minimum atomic E-state index is -0.486. The molecule has 1 heterocycles. The second-order valence-corrected chi connectivity index (χ2v) is 8.42. The van der Waals surface area contributed by atoms with Crippen LogP contribution in [0.1, 0.15) is 30.0 Å². The van der Waals surface area contributed by atoms with Crippen molar-refractivity contribution in [3.8, 4) is 0 Å². The van der Waals surface area contributed by atoms with E-state index in [0.29, 0.717) is 0 Å². The third-order valence-electron chi connectivity index (χ3n) is 5.99. The van der Waals surface area contributed by atoms with Gasteiger partial charge in [0.25, 0.3) is 0 Å². The predicted octanol–water partition coefficient (Wildman–Crippen LogP) is 1.79. The van der Waals surface area contributed by atoms with E-state index in [0.717, 1.165) is 25.9 Å². The average molecular weight is 479 g/mol. The van der Waals surface area contributed by atoms with E-state index in [1.54, 1.807) is 0 Å². The van der Waals surface area contributed by atoms with Gasteiger partial charge in [-0.1, -0.05) is 66.7 Å². The summed E-state index contributed by atoms with van der Waals surface area (Å²) in [6, 6.07) is 21.6. The summed E-state index contributed by atoms with van der Waals surface area (Å²) in [5.74, 6) is -1.03. The highest BCUT2D eigenvalue weighted by Gasteiger charge is 2.27. The number of esters is 1. The minimum absolute atomic E-state index is 0.110. The Bertz CT molecular complexity index is 934. The lowest BCUT2D eigenvalue weighted by Crippen LogP contribution is -2.47. The van der Waals surface area contributed by atoms with Gasteiger partial charge in [-0.25, -0.2) is 4.79 Å². The maximum atomic E-state index is 12.2. The van der Waals surface area contributed by atoms with Crippen molar-refractivity contribution in [2.75, 3.05) is 39.8 Å². The van der Waals surface area contributed by atoms with E-state index in [1.807, 2.05) is 12.1 Å². The highest BCUT2D eigenvalue weighted by atomic mass is 16.5. The molecule has 3 N–H and O–H groups in total. The van der Waals surface area contributed by atoms with Crippen LogP contribution in [-0.2, 0) is 19.1 Å². The summed E-state index contributed by atoms with van der Waals surface area (Å²) >= 11 is 0. The number of nitrogens with one attached hydrogen (secondary N) is 3. The van der Waals surface area contributed by atoms with Gasteiger partial charge in [-0.2, -0.15) is 0 Å². The molecule has 35 heavy (non-hydrogen) atoms. The number of benzene rings is 2.